The fourth-order valence-electron chi connectivity index (χ4n) is 4.34. The summed E-state index contributed by atoms with van der Waals surface area (Å²) in [5.41, 5.74) is -0.197. The lowest BCUT2D eigenvalue weighted by Gasteiger charge is -2.34. The summed E-state index contributed by atoms with van der Waals surface area (Å²) in [5.74, 6) is 0.350. The molecular formula is C24H27F3N2O4S. The number of sulfonamides is 1. The molecule has 1 amide bonds. The van der Waals surface area contributed by atoms with Crippen LogP contribution in [0.1, 0.15) is 36.8 Å². The van der Waals surface area contributed by atoms with Crippen LogP contribution in [-0.2, 0) is 27.5 Å². The molecule has 6 nitrogen and oxygen atoms in total. The number of benzene rings is 2. The first-order valence-electron chi connectivity index (χ1n) is 11.2. The topological polar surface area (TPSA) is 66.9 Å². The van der Waals surface area contributed by atoms with Crippen LogP contribution in [0.2, 0.25) is 0 Å². The van der Waals surface area contributed by atoms with Crippen molar-refractivity contribution >= 4 is 15.9 Å². The number of hydrogen-bond acceptors (Lipinski definition) is 4. The van der Waals surface area contributed by atoms with E-state index < -0.39 is 26.7 Å². The normalized spacial score (nSPS) is 18.0. The first-order chi connectivity index (χ1) is 16.1. The summed E-state index contributed by atoms with van der Waals surface area (Å²) in [6, 6.07) is 11.9. The molecule has 0 N–H and O–H groups in total. The monoisotopic (exact) mass is 496 g/mol. The average molecular weight is 497 g/mol. The van der Waals surface area contributed by atoms with Gasteiger partial charge in [-0.05, 0) is 55.5 Å². The van der Waals surface area contributed by atoms with Gasteiger partial charge in [0.1, 0.15) is 5.75 Å². The standard InChI is InChI=1S/C24H27F3N2O4S/c1-33-20-10-6-17(7-11-20)16-29(19-8-9-19)23(30)18-12-14-28(15-13-18)34(31,32)22-5-3-2-4-21(22)24(25,26)27/h2-7,10-11,18-19H,8-9,12-16H2,1H3. The van der Waals surface area contributed by atoms with Crippen LogP contribution in [0, 0.1) is 5.92 Å². The fraction of sp³-hybridized carbons (Fsp3) is 0.458. The number of ether oxygens (including phenoxy) is 1. The van der Waals surface area contributed by atoms with Crippen molar-refractivity contribution in [2.75, 3.05) is 20.2 Å². The molecule has 2 aromatic carbocycles. The number of methoxy groups -OCH3 is 1. The predicted octanol–water partition coefficient (Wildman–Crippen LogP) is 4.31. The SMILES string of the molecule is COc1ccc(CN(C(=O)C2CCN(S(=O)(=O)c3ccccc3C(F)(F)F)CC2)C2CC2)cc1. The van der Waals surface area contributed by atoms with E-state index in [-0.39, 0.29) is 43.8 Å². The molecule has 0 radical (unpaired) electrons. The lowest BCUT2D eigenvalue weighted by atomic mass is 9.96. The summed E-state index contributed by atoms with van der Waals surface area (Å²) in [4.78, 5) is 14.4. The van der Waals surface area contributed by atoms with Gasteiger partial charge in [-0.25, -0.2) is 8.42 Å². The molecule has 184 valence electrons. The molecule has 1 heterocycles. The summed E-state index contributed by atoms with van der Waals surface area (Å²) in [6.45, 7) is 0.475. The minimum absolute atomic E-state index is 0.00593. The zero-order valence-electron chi connectivity index (χ0n) is 18.8. The van der Waals surface area contributed by atoms with Crippen molar-refractivity contribution in [3.63, 3.8) is 0 Å². The molecule has 2 fully saturated rings. The number of alkyl halides is 3. The summed E-state index contributed by atoms with van der Waals surface area (Å²) in [7, 11) is -2.74. The minimum Gasteiger partial charge on any atom is -0.497 e. The summed E-state index contributed by atoms with van der Waals surface area (Å²) in [6.07, 6.45) is -2.35. The van der Waals surface area contributed by atoms with Crippen molar-refractivity contribution < 1.29 is 31.1 Å². The first kappa shape index (κ1) is 24.5. The van der Waals surface area contributed by atoms with Crippen molar-refractivity contribution in [3.8, 4) is 5.75 Å². The van der Waals surface area contributed by atoms with Crippen molar-refractivity contribution in [2.24, 2.45) is 5.92 Å². The number of halogens is 3. The van der Waals surface area contributed by atoms with Crippen LogP contribution in [0.5, 0.6) is 5.75 Å². The lowest BCUT2D eigenvalue weighted by Crippen LogP contribution is -2.45. The molecule has 10 heteroatoms. The van der Waals surface area contributed by atoms with Crippen LogP contribution < -0.4 is 4.74 Å². The van der Waals surface area contributed by atoms with E-state index in [0.717, 1.165) is 40.6 Å². The van der Waals surface area contributed by atoms with Gasteiger partial charge in [0.25, 0.3) is 0 Å². The van der Waals surface area contributed by atoms with Crippen LogP contribution in [0.3, 0.4) is 0 Å². The first-order valence-corrected chi connectivity index (χ1v) is 12.6. The zero-order valence-corrected chi connectivity index (χ0v) is 19.6. The third kappa shape index (κ3) is 5.22. The van der Waals surface area contributed by atoms with Crippen LogP contribution >= 0.6 is 0 Å². The Morgan fingerprint density at radius 1 is 1.03 bits per heavy atom. The Bertz CT molecular complexity index is 1120. The fourth-order valence-corrected chi connectivity index (χ4v) is 6.03. The Labute approximate surface area is 197 Å². The van der Waals surface area contributed by atoms with Crippen molar-refractivity contribution in [2.45, 2.75) is 49.3 Å². The maximum absolute atomic E-state index is 13.4. The number of carbonyl (C=O) groups is 1. The van der Waals surface area contributed by atoms with Gasteiger partial charge in [0.2, 0.25) is 15.9 Å². The molecule has 0 atom stereocenters. The molecular weight excluding hydrogens is 469 g/mol. The summed E-state index contributed by atoms with van der Waals surface area (Å²) < 4.78 is 72.3. The second-order valence-corrected chi connectivity index (χ2v) is 10.6. The molecule has 0 bridgehead atoms. The van der Waals surface area contributed by atoms with Crippen LogP contribution in [0.25, 0.3) is 0 Å². The molecule has 0 spiro atoms. The highest BCUT2D eigenvalue weighted by atomic mass is 32.2. The van der Waals surface area contributed by atoms with Crippen LogP contribution in [-0.4, -0.2) is 49.8 Å². The molecule has 34 heavy (non-hydrogen) atoms. The maximum Gasteiger partial charge on any atom is 0.417 e. The van der Waals surface area contributed by atoms with Crippen LogP contribution in [0.4, 0.5) is 13.2 Å². The number of carbonyl (C=O) groups excluding carboxylic acids is 1. The van der Waals surface area contributed by atoms with E-state index in [1.807, 2.05) is 29.2 Å². The molecule has 1 saturated carbocycles. The van der Waals surface area contributed by atoms with Gasteiger partial charge in [-0.3, -0.25) is 4.79 Å². The Morgan fingerprint density at radius 3 is 2.21 bits per heavy atom. The van der Waals surface area contributed by atoms with Crippen molar-refractivity contribution in [1.29, 1.82) is 0 Å². The van der Waals surface area contributed by atoms with E-state index in [2.05, 4.69) is 0 Å². The van der Waals surface area contributed by atoms with E-state index in [9.17, 15) is 26.4 Å². The Hall–Kier alpha value is -2.59. The third-order valence-corrected chi connectivity index (χ3v) is 8.35. The minimum atomic E-state index is -4.77. The number of amides is 1. The number of hydrogen-bond donors (Lipinski definition) is 0. The van der Waals surface area contributed by atoms with E-state index >= 15 is 0 Å². The summed E-state index contributed by atoms with van der Waals surface area (Å²) in [5, 5.41) is 0. The smallest absolute Gasteiger partial charge is 0.417 e. The maximum atomic E-state index is 13.4. The second kappa shape index (κ2) is 9.58. The third-order valence-electron chi connectivity index (χ3n) is 6.40. The molecule has 4 rings (SSSR count). The van der Waals surface area contributed by atoms with Gasteiger partial charge in [0.15, 0.2) is 0 Å². The molecule has 1 saturated heterocycles. The second-order valence-electron chi connectivity index (χ2n) is 8.72. The highest BCUT2D eigenvalue weighted by Gasteiger charge is 2.41. The number of piperidine rings is 1. The molecule has 2 aliphatic rings. The van der Waals surface area contributed by atoms with Gasteiger partial charge in [-0.2, -0.15) is 17.5 Å². The lowest BCUT2D eigenvalue weighted by molar-refractivity contribution is -0.140. The van der Waals surface area contributed by atoms with Gasteiger partial charge in [0.05, 0.1) is 17.6 Å². The Balaban J connectivity index is 1.44. The van der Waals surface area contributed by atoms with Gasteiger partial charge >= 0.3 is 6.18 Å². The van der Waals surface area contributed by atoms with Gasteiger partial charge in [-0.15, -0.1) is 0 Å². The highest BCUT2D eigenvalue weighted by Crippen LogP contribution is 2.37. The molecule has 0 unspecified atom stereocenters. The largest absolute Gasteiger partial charge is 0.497 e. The van der Waals surface area contributed by atoms with E-state index in [4.69, 9.17) is 4.74 Å². The van der Waals surface area contributed by atoms with Crippen LogP contribution in [0.15, 0.2) is 53.4 Å². The predicted molar refractivity (Wildman–Crippen MR) is 119 cm³/mol. The van der Waals surface area contributed by atoms with E-state index in [1.54, 1.807) is 7.11 Å². The summed E-state index contributed by atoms with van der Waals surface area (Å²) >= 11 is 0. The van der Waals surface area contributed by atoms with E-state index in [0.29, 0.717) is 6.54 Å². The molecule has 2 aromatic rings. The molecule has 0 aromatic heterocycles. The molecule has 1 aliphatic carbocycles. The van der Waals surface area contributed by atoms with Crippen molar-refractivity contribution in [3.05, 3.63) is 59.7 Å². The number of nitrogens with zero attached hydrogens (tertiary/aromatic N) is 2. The Kier molecular flexibility index (Phi) is 6.91. The highest BCUT2D eigenvalue weighted by molar-refractivity contribution is 7.89. The van der Waals surface area contributed by atoms with Gasteiger partial charge in [-0.1, -0.05) is 24.3 Å². The van der Waals surface area contributed by atoms with Gasteiger partial charge in [0, 0.05) is 31.6 Å². The quantitative estimate of drug-likeness (QED) is 0.573. The number of rotatable bonds is 7. The van der Waals surface area contributed by atoms with E-state index in [1.165, 1.54) is 12.1 Å². The van der Waals surface area contributed by atoms with Gasteiger partial charge < -0.3 is 9.64 Å². The average Bonchev–Trinajstić information content (AvgIpc) is 3.67. The van der Waals surface area contributed by atoms with Crippen molar-refractivity contribution in [1.82, 2.24) is 9.21 Å². The molecule has 1 aliphatic heterocycles. The zero-order chi connectivity index (χ0) is 24.5. The Morgan fingerprint density at radius 2 is 1.65 bits per heavy atom.